The van der Waals surface area contributed by atoms with Gasteiger partial charge in [0.2, 0.25) is 0 Å². The topological polar surface area (TPSA) is 84.3 Å². The molecule has 1 rings (SSSR count). The molecule has 6 nitrogen and oxygen atoms in total. The van der Waals surface area contributed by atoms with Gasteiger partial charge in [0.15, 0.2) is 5.69 Å². The largest absolute Gasteiger partial charge is 0.476 e. The lowest BCUT2D eigenvalue weighted by Gasteiger charge is -2.07. The van der Waals surface area contributed by atoms with Crippen LogP contribution in [0.3, 0.4) is 0 Å². The Labute approximate surface area is 106 Å². The Morgan fingerprint density at radius 1 is 1.39 bits per heavy atom. The highest BCUT2D eigenvalue weighted by Crippen LogP contribution is 2.02. The molecule has 0 unspecified atom stereocenters. The van der Waals surface area contributed by atoms with Gasteiger partial charge in [-0.3, -0.25) is 0 Å². The van der Waals surface area contributed by atoms with E-state index in [1.54, 1.807) is 6.07 Å². The lowest BCUT2D eigenvalue weighted by atomic mass is 10.1. The van der Waals surface area contributed by atoms with Gasteiger partial charge in [0, 0.05) is 13.2 Å². The number of nitrogens with zero attached hydrogens (tertiary/aromatic N) is 2. The lowest BCUT2D eigenvalue weighted by Crippen LogP contribution is -2.12. The molecule has 0 aromatic carbocycles. The summed E-state index contributed by atoms with van der Waals surface area (Å²) in [5, 5.41) is 19.0. The molecule has 0 aliphatic rings. The molecular weight excluding hydrogens is 234 g/mol. The number of carboxylic acid groups (broad SMARTS) is 1. The molecule has 0 bridgehead atoms. The second-order valence-electron chi connectivity index (χ2n) is 4.33. The van der Waals surface area contributed by atoms with Gasteiger partial charge < -0.3 is 15.2 Å². The van der Waals surface area contributed by atoms with Gasteiger partial charge in [0.25, 0.3) is 0 Å². The van der Waals surface area contributed by atoms with E-state index >= 15 is 0 Å². The molecule has 1 heterocycles. The first-order chi connectivity index (χ1) is 8.59. The third kappa shape index (κ3) is 5.58. The first kappa shape index (κ1) is 14.4. The average molecular weight is 253 g/mol. The standard InChI is InChI=1S/C12H19N3O3/c1-9(2)5-7-18-8-6-13-11-4-3-10(12(16)17)14-15-11/h3-4,9H,5-8H2,1-2H3,(H,13,15)(H,16,17). The molecule has 2 N–H and O–H groups in total. The quantitative estimate of drug-likeness (QED) is 0.685. The molecule has 0 saturated carbocycles. The molecule has 0 fully saturated rings. The first-order valence-electron chi connectivity index (χ1n) is 5.98. The molecule has 1 aromatic heterocycles. The summed E-state index contributed by atoms with van der Waals surface area (Å²) in [4.78, 5) is 10.6. The van der Waals surface area contributed by atoms with Crippen LogP contribution in [0.25, 0.3) is 0 Å². The smallest absolute Gasteiger partial charge is 0.356 e. The average Bonchev–Trinajstić information content (AvgIpc) is 2.34. The lowest BCUT2D eigenvalue weighted by molar-refractivity contribution is 0.0689. The predicted octanol–water partition coefficient (Wildman–Crippen LogP) is 1.65. The van der Waals surface area contributed by atoms with E-state index in [1.807, 2.05) is 0 Å². The highest BCUT2D eigenvalue weighted by molar-refractivity contribution is 5.85. The van der Waals surface area contributed by atoms with E-state index in [0.717, 1.165) is 13.0 Å². The Bertz CT molecular complexity index is 365. The van der Waals surface area contributed by atoms with E-state index in [-0.39, 0.29) is 5.69 Å². The van der Waals surface area contributed by atoms with Crippen LogP contribution in [0.4, 0.5) is 5.82 Å². The molecular formula is C12H19N3O3. The third-order valence-corrected chi connectivity index (χ3v) is 2.28. The SMILES string of the molecule is CC(C)CCOCCNc1ccc(C(=O)O)nn1. The third-order valence-electron chi connectivity index (χ3n) is 2.28. The Morgan fingerprint density at radius 2 is 2.17 bits per heavy atom. The minimum absolute atomic E-state index is 0.0614. The van der Waals surface area contributed by atoms with Crippen molar-refractivity contribution >= 4 is 11.8 Å². The first-order valence-corrected chi connectivity index (χ1v) is 5.98. The summed E-state index contributed by atoms with van der Waals surface area (Å²) in [5.41, 5.74) is -0.0614. The number of aromatic nitrogens is 2. The molecule has 0 radical (unpaired) electrons. The van der Waals surface area contributed by atoms with E-state index in [2.05, 4.69) is 29.4 Å². The maximum absolute atomic E-state index is 10.6. The van der Waals surface area contributed by atoms with Crippen molar-refractivity contribution < 1.29 is 14.6 Å². The second-order valence-corrected chi connectivity index (χ2v) is 4.33. The van der Waals surface area contributed by atoms with Gasteiger partial charge in [-0.15, -0.1) is 10.2 Å². The van der Waals surface area contributed by atoms with Crippen LogP contribution in [-0.2, 0) is 4.74 Å². The van der Waals surface area contributed by atoms with Crippen molar-refractivity contribution in [1.29, 1.82) is 0 Å². The number of hydrogen-bond acceptors (Lipinski definition) is 5. The summed E-state index contributed by atoms with van der Waals surface area (Å²) in [6, 6.07) is 3.00. The van der Waals surface area contributed by atoms with E-state index in [9.17, 15) is 4.79 Å². The van der Waals surface area contributed by atoms with Crippen molar-refractivity contribution in [2.75, 3.05) is 25.1 Å². The van der Waals surface area contributed by atoms with Crippen molar-refractivity contribution in [2.24, 2.45) is 5.92 Å². The molecule has 100 valence electrons. The molecule has 0 aliphatic heterocycles. The van der Waals surface area contributed by atoms with Crippen LogP contribution < -0.4 is 5.32 Å². The number of rotatable bonds is 8. The van der Waals surface area contributed by atoms with Gasteiger partial charge in [0.05, 0.1) is 6.61 Å². The van der Waals surface area contributed by atoms with Gasteiger partial charge in [-0.25, -0.2) is 4.79 Å². The molecule has 0 atom stereocenters. The number of anilines is 1. The zero-order chi connectivity index (χ0) is 13.4. The van der Waals surface area contributed by atoms with Crippen molar-refractivity contribution in [1.82, 2.24) is 10.2 Å². The Kier molecular flexibility index (Phi) is 6.07. The van der Waals surface area contributed by atoms with E-state index < -0.39 is 5.97 Å². The zero-order valence-electron chi connectivity index (χ0n) is 10.7. The van der Waals surface area contributed by atoms with E-state index in [0.29, 0.717) is 24.9 Å². The van der Waals surface area contributed by atoms with Crippen LogP contribution in [0.5, 0.6) is 0 Å². The van der Waals surface area contributed by atoms with Crippen LogP contribution in [0, 0.1) is 5.92 Å². The summed E-state index contributed by atoms with van der Waals surface area (Å²) < 4.78 is 5.42. The highest BCUT2D eigenvalue weighted by atomic mass is 16.5. The van der Waals surface area contributed by atoms with Crippen LogP contribution in [0.2, 0.25) is 0 Å². The minimum atomic E-state index is -1.08. The maximum Gasteiger partial charge on any atom is 0.356 e. The fourth-order valence-corrected chi connectivity index (χ4v) is 1.21. The van der Waals surface area contributed by atoms with Gasteiger partial charge >= 0.3 is 5.97 Å². The zero-order valence-corrected chi connectivity index (χ0v) is 10.7. The van der Waals surface area contributed by atoms with Crippen molar-refractivity contribution in [3.8, 4) is 0 Å². The molecule has 1 aromatic rings. The number of nitrogens with one attached hydrogen (secondary N) is 1. The molecule has 6 heteroatoms. The van der Waals surface area contributed by atoms with Crippen LogP contribution in [0.1, 0.15) is 30.8 Å². The van der Waals surface area contributed by atoms with Crippen molar-refractivity contribution in [3.05, 3.63) is 17.8 Å². The fourth-order valence-electron chi connectivity index (χ4n) is 1.21. The van der Waals surface area contributed by atoms with Gasteiger partial charge in [-0.05, 0) is 24.5 Å². The molecule has 0 amide bonds. The van der Waals surface area contributed by atoms with Gasteiger partial charge in [0.1, 0.15) is 5.82 Å². The number of carboxylic acids is 1. The number of aromatic carboxylic acids is 1. The maximum atomic E-state index is 10.6. The van der Waals surface area contributed by atoms with Crippen LogP contribution in [0.15, 0.2) is 12.1 Å². The molecule has 0 aliphatic carbocycles. The molecule has 0 saturated heterocycles. The summed E-state index contributed by atoms with van der Waals surface area (Å²) in [7, 11) is 0. The Balaban J connectivity index is 2.17. The highest BCUT2D eigenvalue weighted by Gasteiger charge is 2.04. The van der Waals surface area contributed by atoms with Crippen LogP contribution in [-0.4, -0.2) is 41.0 Å². The summed E-state index contributed by atoms with van der Waals surface area (Å²) in [5.74, 6) is 0.117. The summed E-state index contributed by atoms with van der Waals surface area (Å²) in [6.07, 6.45) is 1.05. The fraction of sp³-hybridized carbons (Fsp3) is 0.583. The normalized spacial score (nSPS) is 10.6. The minimum Gasteiger partial charge on any atom is -0.476 e. The van der Waals surface area contributed by atoms with Gasteiger partial charge in [-0.2, -0.15) is 0 Å². The van der Waals surface area contributed by atoms with Gasteiger partial charge in [-0.1, -0.05) is 13.8 Å². The van der Waals surface area contributed by atoms with Crippen molar-refractivity contribution in [2.45, 2.75) is 20.3 Å². The van der Waals surface area contributed by atoms with Crippen molar-refractivity contribution in [3.63, 3.8) is 0 Å². The summed E-state index contributed by atoms with van der Waals surface area (Å²) in [6.45, 7) is 6.28. The van der Waals surface area contributed by atoms with E-state index in [4.69, 9.17) is 9.84 Å². The molecule has 18 heavy (non-hydrogen) atoms. The summed E-state index contributed by atoms with van der Waals surface area (Å²) >= 11 is 0. The Morgan fingerprint density at radius 3 is 2.72 bits per heavy atom. The predicted molar refractivity (Wildman–Crippen MR) is 67.8 cm³/mol. The van der Waals surface area contributed by atoms with Crippen LogP contribution >= 0.6 is 0 Å². The number of ether oxygens (including phenoxy) is 1. The molecule has 0 spiro atoms. The Hall–Kier alpha value is -1.69. The monoisotopic (exact) mass is 253 g/mol. The van der Waals surface area contributed by atoms with E-state index in [1.165, 1.54) is 6.07 Å². The number of carbonyl (C=O) groups is 1. The number of hydrogen-bond donors (Lipinski definition) is 2. The second kappa shape index (κ2) is 7.60.